The topological polar surface area (TPSA) is 60.2 Å². The number of carbonyl (C=O) groups excluding carboxylic acids is 1. The summed E-state index contributed by atoms with van der Waals surface area (Å²) in [6.45, 7) is 15.5. The molecule has 6 nitrogen and oxygen atoms in total. The summed E-state index contributed by atoms with van der Waals surface area (Å²) < 4.78 is 7.63. The fourth-order valence-corrected chi connectivity index (χ4v) is 2.88. The number of hydrogen-bond acceptors (Lipinski definition) is 4. The van der Waals surface area contributed by atoms with Gasteiger partial charge in [-0.1, -0.05) is 19.9 Å². The summed E-state index contributed by atoms with van der Waals surface area (Å²) in [7, 11) is 0. The Kier molecular flexibility index (Phi) is 6.05. The van der Waals surface area contributed by atoms with Crippen LogP contribution in [-0.4, -0.2) is 37.7 Å². The van der Waals surface area contributed by atoms with Crippen LogP contribution in [0.3, 0.4) is 0 Å². The second-order valence-corrected chi connectivity index (χ2v) is 7.18. The second-order valence-electron chi connectivity index (χ2n) is 7.18. The average Bonchev–Trinajstić information content (AvgIpc) is 2.91. The summed E-state index contributed by atoms with van der Waals surface area (Å²) in [5.41, 5.74) is 3.33. The van der Waals surface area contributed by atoms with Crippen molar-refractivity contribution < 1.29 is 9.53 Å². The van der Waals surface area contributed by atoms with E-state index in [4.69, 9.17) is 9.72 Å². The quantitative estimate of drug-likeness (QED) is 0.761. The normalized spacial score (nSPS) is 13.6. The number of ether oxygens (including phenoxy) is 1. The molecule has 1 amide bonds. The first-order valence-electron chi connectivity index (χ1n) is 9.22. The first kappa shape index (κ1) is 19.9. The Morgan fingerprint density at radius 3 is 2.42 bits per heavy atom. The van der Waals surface area contributed by atoms with Crippen LogP contribution in [0.5, 0.6) is 0 Å². The summed E-state index contributed by atoms with van der Waals surface area (Å²) in [6.07, 6.45) is -0.287. The van der Waals surface area contributed by atoms with Crippen molar-refractivity contribution >= 4 is 6.09 Å². The third-order valence-corrected chi connectivity index (χ3v) is 4.01. The molecule has 0 saturated heterocycles. The number of pyridine rings is 1. The van der Waals surface area contributed by atoms with Crippen molar-refractivity contribution in [3.8, 4) is 11.4 Å². The van der Waals surface area contributed by atoms with E-state index >= 15 is 0 Å². The van der Waals surface area contributed by atoms with Crippen molar-refractivity contribution in [1.29, 1.82) is 0 Å². The molecule has 0 unspecified atom stereocenters. The summed E-state index contributed by atoms with van der Waals surface area (Å²) in [5, 5.41) is 0. The van der Waals surface area contributed by atoms with Crippen LogP contribution in [0.15, 0.2) is 18.2 Å². The van der Waals surface area contributed by atoms with Gasteiger partial charge in [0.2, 0.25) is 0 Å². The van der Waals surface area contributed by atoms with Crippen LogP contribution in [-0.2, 0) is 17.8 Å². The Hall–Kier alpha value is -2.37. The zero-order valence-electron chi connectivity index (χ0n) is 17.0. The van der Waals surface area contributed by atoms with Gasteiger partial charge in [0, 0.05) is 24.5 Å². The largest absolute Gasteiger partial charge is 0.444 e. The highest BCUT2D eigenvalue weighted by atomic mass is 16.6. The average molecular weight is 358 g/mol. The summed E-state index contributed by atoms with van der Waals surface area (Å²) in [6, 6.07) is 5.93. The molecule has 0 fully saturated rings. The lowest BCUT2D eigenvalue weighted by Gasteiger charge is -2.30. The fourth-order valence-electron chi connectivity index (χ4n) is 2.88. The van der Waals surface area contributed by atoms with Crippen molar-refractivity contribution in [2.75, 3.05) is 6.54 Å². The van der Waals surface area contributed by atoms with Gasteiger partial charge in [-0.3, -0.25) is 9.88 Å². The predicted octanol–water partition coefficient (Wildman–Crippen LogP) is 4.34. The fraction of sp³-hybridized carbons (Fsp3) is 0.550. The molecule has 0 bridgehead atoms. The minimum atomic E-state index is -0.490. The summed E-state index contributed by atoms with van der Waals surface area (Å²) in [5.74, 6) is 0.878. The molecule has 26 heavy (non-hydrogen) atoms. The molecule has 0 aromatic carbocycles. The summed E-state index contributed by atoms with van der Waals surface area (Å²) >= 11 is 0. The Morgan fingerprint density at radius 1 is 1.12 bits per heavy atom. The van der Waals surface area contributed by atoms with Gasteiger partial charge in [-0.2, -0.15) is 0 Å². The molecule has 142 valence electrons. The highest BCUT2D eigenvalue weighted by Gasteiger charge is 2.28. The lowest BCUT2D eigenvalue weighted by atomic mass is 10.2. The number of hydrogen-bond donors (Lipinski definition) is 0. The van der Waals surface area contributed by atoms with E-state index in [1.807, 2.05) is 59.7 Å². The number of rotatable bonds is 1. The first-order valence-corrected chi connectivity index (χ1v) is 9.22. The Labute approximate surface area is 156 Å². The predicted molar refractivity (Wildman–Crippen MR) is 103 cm³/mol. The van der Waals surface area contributed by atoms with E-state index in [2.05, 4.69) is 16.5 Å². The van der Waals surface area contributed by atoms with Gasteiger partial charge in [0.25, 0.3) is 0 Å². The van der Waals surface area contributed by atoms with Gasteiger partial charge in [0.15, 0.2) is 0 Å². The van der Waals surface area contributed by atoms with E-state index in [0.29, 0.717) is 13.1 Å². The Morgan fingerprint density at radius 2 is 1.81 bits per heavy atom. The van der Waals surface area contributed by atoms with Crippen molar-refractivity contribution in [1.82, 2.24) is 19.4 Å². The van der Waals surface area contributed by atoms with Crippen molar-refractivity contribution in [3.63, 3.8) is 0 Å². The van der Waals surface area contributed by atoms with E-state index in [1.54, 1.807) is 4.90 Å². The molecule has 0 saturated carbocycles. The smallest absolute Gasteiger partial charge is 0.410 e. The molecule has 0 spiro atoms. The van der Waals surface area contributed by atoms with Crippen molar-refractivity contribution in [3.05, 3.63) is 35.4 Å². The molecule has 1 aliphatic rings. The van der Waals surface area contributed by atoms with E-state index in [1.165, 1.54) is 0 Å². The van der Waals surface area contributed by atoms with Crippen LogP contribution in [0.25, 0.3) is 11.4 Å². The molecule has 2 aromatic heterocycles. The van der Waals surface area contributed by atoms with E-state index < -0.39 is 5.60 Å². The maximum Gasteiger partial charge on any atom is 0.410 e. The molecule has 3 heterocycles. The number of aryl methyl sites for hydroxylation is 1. The SMILES string of the molecule is CC.Cc1cccc(-c2nc3n(c2C)CCN(C(=O)OC(C)(C)C)C3)n1. The van der Waals surface area contributed by atoms with Crippen LogP contribution in [0.2, 0.25) is 0 Å². The van der Waals surface area contributed by atoms with Crippen molar-refractivity contribution in [2.24, 2.45) is 0 Å². The van der Waals surface area contributed by atoms with Crippen molar-refractivity contribution in [2.45, 2.75) is 67.2 Å². The standard InChI is InChI=1S/C18H24N4O2.C2H6/c1-12-7-6-8-14(19-12)16-13(2)22-10-9-21(11-15(22)20-16)17(23)24-18(3,4)5;1-2/h6-8H,9-11H2,1-5H3;1-2H3. The minimum Gasteiger partial charge on any atom is -0.444 e. The number of imidazole rings is 1. The molecular formula is C20H30N4O2. The molecular weight excluding hydrogens is 328 g/mol. The van der Waals surface area contributed by atoms with Gasteiger partial charge in [-0.15, -0.1) is 0 Å². The van der Waals surface area contributed by atoms with Crippen LogP contribution in [0.1, 0.15) is 51.8 Å². The van der Waals surface area contributed by atoms with Gasteiger partial charge >= 0.3 is 6.09 Å². The van der Waals surface area contributed by atoms with Gasteiger partial charge in [0.05, 0.1) is 12.2 Å². The number of fused-ring (bicyclic) bond motifs is 1. The lowest BCUT2D eigenvalue weighted by molar-refractivity contribution is 0.0194. The maximum absolute atomic E-state index is 12.3. The van der Waals surface area contributed by atoms with Gasteiger partial charge in [0.1, 0.15) is 17.1 Å². The Balaban J connectivity index is 0.00000117. The van der Waals surface area contributed by atoms with Crippen LogP contribution >= 0.6 is 0 Å². The van der Waals surface area contributed by atoms with Crippen LogP contribution in [0, 0.1) is 13.8 Å². The molecule has 6 heteroatoms. The number of carbonyl (C=O) groups is 1. The number of nitrogens with zero attached hydrogens (tertiary/aromatic N) is 4. The molecule has 0 N–H and O–H groups in total. The highest BCUT2D eigenvalue weighted by Crippen LogP contribution is 2.25. The molecule has 0 atom stereocenters. The van der Waals surface area contributed by atoms with E-state index in [0.717, 1.165) is 35.1 Å². The number of aromatic nitrogens is 3. The zero-order valence-corrected chi connectivity index (χ0v) is 17.0. The monoisotopic (exact) mass is 358 g/mol. The maximum atomic E-state index is 12.3. The van der Waals surface area contributed by atoms with Crippen LogP contribution in [0.4, 0.5) is 4.79 Å². The molecule has 0 aliphatic carbocycles. The highest BCUT2D eigenvalue weighted by molar-refractivity contribution is 5.68. The minimum absolute atomic E-state index is 0.287. The third kappa shape index (κ3) is 4.42. The first-order chi connectivity index (χ1) is 12.2. The van der Waals surface area contributed by atoms with Gasteiger partial charge in [-0.05, 0) is 46.8 Å². The second kappa shape index (κ2) is 7.89. The third-order valence-electron chi connectivity index (χ3n) is 4.01. The molecule has 0 radical (unpaired) electrons. The Bertz CT molecular complexity index is 775. The van der Waals surface area contributed by atoms with Gasteiger partial charge in [-0.25, -0.2) is 9.78 Å². The molecule has 1 aliphatic heterocycles. The van der Waals surface area contributed by atoms with Gasteiger partial charge < -0.3 is 9.30 Å². The number of amides is 1. The summed E-state index contributed by atoms with van der Waals surface area (Å²) in [4.78, 5) is 23.3. The zero-order chi connectivity index (χ0) is 19.5. The lowest BCUT2D eigenvalue weighted by Crippen LogP contribution is -2.41. The van der Waals surface area contributed by atoms with Crippen LogP contribution < -0.4 is 0 Å². The molecule has 3 rings (SSSR count). The molecule has 2 aromatic rings. The van der Waals surface area contributed by atoms with E-state index in [-0.39, 0.29) is 6.09 Å². The van der Waals surface area contributed by atoms with E-state index in [9.17, 15) is 4.79 Å².